The summed E-state index contributed by atoms with van der Waals surface area (Å²) in [5.74, 6) is -0.740. The molecule has 1 heterocycles. The SMILES string of the molecule is CNC1(NC)CC(=O)O1. The van der Waals surface area contributed by atoms with Gasteiger partial charge in [0.05, 0.1) is 0 Å². The number of carbonyl (C=O) groups excluding carboxylic acids is 1. The summed E-state index contributed by atoms with van der Waals surface area (Å²) in [6.45, 7) is 0. The lowest BCUT2D eigenvalue weighted by molar-refractivity contribution is -0.203. The van der Waals surface area contributed by atoms with Gasteiger partial charge in [-0.15, -0.1) is 0 Å². The molecule has 0 radical (unpaired) electrons. The minimum Gasteiger partial charge on any atom is -0.429 e. The molecule has 0 aliphatic carbocycles. The van der Waals surface area contributed by atoms with Crippen LogP contribution < -0.4 is 10.6 Å². The summed E-state index contributed by atoms with van der Waals surface area (Å²) in [5.41, 5.74) is 0. The molecule has 1 saturated heterocycles. The molecular weight excluding hydrogens is 120 g/mol. The molecule has 0 aromatic heterocycles. The maximum Gasteiger partial charge on any atom is 0.315 e. The molecule has 1 rings (SSSR count). The fourth-order valence-corrected chi connectivity index (χ4v) is 0.793. The quantitative estimate of drug-likeness (QED) is 0.373. The van der Waals surface area contributed by atoms with Crippen molar-refractivity contribution in [3.05, 3.63) is 0 Å². The van der Waals surface area contributed by atoms with Gasteiger partial charge in [-0.25, -0.2) is 0 Å². The van der Waals surface area contributed by atoms with Crippen LogP contribution >= 0.6 is 0 Å². The van der Waals surface area contributed by atoms with Crippen LogP contribution in [0.5, 0.6) is 0 Å². The molecule has 2 N–H and O–H groups in total. The van der Waals surface area contributed by atoms with Crippen LogP contribution in [0, 0.1) is 0 Å². The maximum absolute atomic E-state index is 10.3. The smallest absolute Gasteiger partial charge is 0.315 e. The van der Waals surface area contributed by atoms with Gasteiger partial charge in [-0.3, -0.25) is 15.4 Å². The summed E-state index contributed by atoms with van der Waals surface area (Å²) in [4.78, 5) is 10.3. The molecule has 0 amide bonds. The molecule has 52 valence electrons. The topological polar surface area (TPSA) is 50.4 Å². The van der Waals surface area contributed by atoms with Crippen LogP contribution in [0.2, 0.25) is 0 Å². The van der Waals surface area contributed by atoms with Crippen LogP contribution in [-0.4, -0.2) is 25.9 Å². The van der Waals surface area contributed by atoms with Crippen molar-refractivity contribution in [1.82, 2.24) is 10.6 Å². The monoisotopic (exact) mass is 130 g/mol. The summed E-state index contributed by atoms with van der Waals surface area (Å²) in [5, 5.41) is 5.68. The van der Waals surface area contributed by atoms with E-state index < -0.39 is 5.85 Å². The van der Waals surface area contributed by atoms with E-state index in [1.807, 2.05) is 0 Å². The van der Waals surface area contributed by atoms with Crippen LogP contribution in [0.1, 0.15) is 6.42 Å². The Hall–Kier alpha value is -0.610. The summed E-state index contributed by atoms with van der Waals surface area (Å²) >= 11 is 0. The Morgan fingerprint density at radius 1 is 1.56 bits per heavy atom. The minimum atomic E-state index is -0.572. The molecule has 4 nitrogen and oxygen atoms in total. The molecule has 9 heavy (non-hydrogen) atoms. The highest BCUT2D eigenvalue weighted by Crippen LogP contribution is 2.19. The zero-order valence-electron chi connectivity index (χ0n) is 5.52. The Morgan fingerprint density at radius 2 is 2.00 bits per heavy atom. The van der Waals surface area contributed by atoms with Crippen molar-refractivity contribution in [2.45, 2.75) is 12.3 Å². The van der Waals surface area contributed by atoms with E-state index in [0.717, 1.165) is 0 Å². The lowest BCUT2D eigenvalue weighted by Gasteiger charge is -2.39. The lowest BCUT2D eigenvalue weighted by Crippen LogP contribution is -2.65. The molecule has 0 bridgehead atoms. The van der Waals surface area contributed by atoms with Crippen molar-refractivity contribution in [3.63, 3.8) is 0 Å². The number of cyclic esters (lactones) is 1. The van der Waals surface area contributed by atoms with Gasteiger partial charge >= 0.3 is 5.97 Å². The molecular formula is C5H10N2O2. The summed E-state index contributed by atoms with van der Waals surface area (Å²) in [6, 6.07) is 0. The Balaban J connectivity index is 2.44. The van der Waals surface area contributed by atoms with Gasteiger partial charge in [-0.2, -0.15) is 0 Å². The molecule has 0 aromatic rings. The lowest BCUT2D eigenvalue weighted by atomic mass is 10.2. The Bertz CT molecular complexity index is 121. The van der Waals surface area contributed by atoms with E-state index in [0.29, 0.717) is 6.42 Å². The average Bonchev–Trinajstić information content (AvgIpc) is 1.81. The Morgan fingerprint density at radius 3 is 2.11 bits per heavy atom. The van der Waals surface area contributed by atoms with Gasteiger partial charge in [0.15, 0.2) is 0 Å². The van der Waals surface area contributed by atoms with Crippen molar-refractivity contribution in [2.75, 3.05) is 14.1 Å². The van der Waals surface area contributed by atoms with Crippen molar-refractivity contribution < 1.29 is 9.53 Å². The Kier molecular flexibility index (Phi) is 1.42. The van der Waals surface area contributed by atoms with Crippen molar-refractivity contribution in [1.29, 1.82) is 0 Å². The highest BCUT2D eigenvalue weighted by molar-refractivity contribution is 5.76. The van der Waals surface area contributed by atoms with Crippen LogP contribution in [-0.2, 0) is 9.53 Å². The highest BCUT2D eigenvalue weighted by atomic mass is 16.6. The molecule has 1 fully saturated rings. The van der Waals surface area contributed by atoms with Crippen LogP contribution in [0.4, 0.5) is 0 Å². The number of nitrogens with one attached hydrogen (secondary N) is 2. The summed E-state index contributed by atoms with van der Waals surface area (Å²) in [7, 11) is 3.48. The van der Waals surface area contributed by atoms with E-state index in [-0.39, 0.29) is 5.97 Å². The first-order valence-electron chi connectivity index (χ1n) is 2.82. The molecule has 1 aliphatic heterocycles. The van der Waals surface area contributed by atoms with Gasteiger partial charge in [-0.05, 0) is 14.1 Å². The second-order valence-corrected chi connectivity index (χ2v) is 1.98. The predicted octanol–water partition coefficient (Wildman–Crippen LogP) is -0.974. The molecule has 4 heteroatoms. The fourth-order valence-electron chi connectivity index (χ4n) is 0.793. The zero-order valence-corrected chi connectivity index (χ0v) is 5.52. The number of hydrogen-bond donors (Lipinski definition) is 2. The number of carbonyl (C=O) groups is 1. The van der Waals surface area contributed by atoms with E-state index >= 15 is 0 Å². The number of ether oxygens (including phenoxy) is 1. The van der Waals surface area contributed by atoms with E-state index in [1.165, 1.54) is 0 Å². The zero-order chi connectivity index (χ0) is 6.91. The molecule has 0 atom stereocenters. The van der Waals surface area contributed by atoms with Gasteiger partial charge in [-0.1, -0.05) is 0 Å². The molecule has 0 saturated carbocycles. The Labute approximate surface area is 53.6 Å². The van der Waals surface area contributed by atoms with Gasteiger partial charge < -0.3 is 4.74 Å². The van der Waals surface area contributed by atoms with Crippen molar-refractivity contribution >= 4 is 5.97 Å². The van der Waals surface area contributed by atoms with Crippen molar-refractivity contribution in [2.24, 2.45) is 0 Å². The average molecular weight is 130 g/mol. The molecule has 0 aromatic carbocycles. The normalized spacial score (nSPS) is 22.7. The van der Waals surface area contributed by atoms with E-state index in [1.54, 1.807) is 14.1 Å². The second-order valence-electron chi connectivity index (χ2n) is 1.98. The second kappa shape index (κ2) is 1.97. The van der Waals surface area contributed by atoms with Gasteiger partial charge in [0.2, 0.25) is 5.85 Å². The van der Waals surface area contributed by atoms with Gasteiger partial charge in [0, 0.05) is 0 Å². The molecule has 1 aliphatic rings. The summed E-state index contributed by atoms with van der Waals surface area (Å²) < 4.78 is 4.76. The van der Waals surface area contributed by atoms with Gasteiger partial charge in [0.25, 0.3) is 0 Å². The maximum atomic E-state index is 10.3. The van der Waals surface area contributed by atoms with Gasteiger partial charge in [0.1, 0.15) is 6.42 Å². The summed E-state index contributed by atoms with van der Waals surface area (Å²) in [6.07, 6.45) is 0.403. The molecule has 0 unspecified atom stereocenters. The predicted molar refractivity (Wildman–Crippen MR) is 31.6 cm³/mol. The fraction of sp³-hybridized carbons (Fsp3) is 0.800. The standard InChI is InChI=1S/C5H10N2O2/c1-6-5(7-2)3-4(8)9-5/h6-7H,3H2,1-2H3. The largest absolute Gasteiger partial charge is 0.429 e. The minimum absolute atomic E-state index is 0.168. The number of esters is 1. The van der Waals surface area contributed by atoms with Crippen LogP contribution in [0.3, 0.4) is 0 Å². The first-order valence-corrected chi connectivity index (χ1v) is 2.82. The van der Waals surface area contributed by atoms with Crippen LogP contribution in [0.25, 0.3) is 0 Å². The third-order valence-electron chi connectivity index (χ3n) is 1.49. The number of hydrogen-bond acceptors (Lipinski definition) is 4. The number of rotatable bonds is 2. The van der Waals surface area contributed by atoms with E-state index in [9.17, 15) is 4.79 Å². The van der Waals surface area contributed by atoms with E-state index in [2.05, 4.69) is 10.6 Å². The van der Waals surface area contributed by atoms with E-state index in [4.69, 9.17) is 4.74 Å². The third-order valence-corrected chi connectivity index (χ3v) is 1.49. The third kappa shape index (κ3) is 0.906. The first kappa shape index (κ1) is 6.51. The highest BCUT2D eigenvalue weighted by Gasteiger charge is 2.43. The first-order chi connectivity index (χ1) is 4.22. The van der Waals surface area contributed by atoms with Crippen molar-refractivity contribution in [3.8, 4) is 0 Å². The van der Waals surface area contributed by atoms with Crippen LogP contribution in [0.15, 0.2) is 0 Å². The molecule has 0 spiro atoms.